The van der Waals surface area contributed by atoms with Crippen molar-refractivity contribution in [3.05, 3.63) is 22.7 Å². The SMILES string of the molecule is O=C1CC(S)CN1c1ccc(Br)cc1OC(F)(F)F. The molecule has 0 bridgehead atoms. The minimum absolute atomic E-state index is 0.0991. The molecule has 0 aliphatic carbocycles. The number of thiol groups is 1. The highest BCUT2D eigenvalue weighted by molar-refractivity contribution is 9.10. The summed E-state index contributed by atoms with van der Waals surface area (Å²) in [6, 6.07) is 4.15. The van der Waals surface area contributed by atoms with Crippen LogP contribution in [0, 0.1) is 0 Å². The number of nitrogens with zero attached hydrogens (tertiary/aromatic N) is 1. The van der Waals surface area contributed by atoms with Crippen LogP contribution in [0.15, 0.2) is 22.7 Å². The van der Waals surface area contributed by atoms with Gasteiger partial charge in [-0.1, -0.05) is 15.9 Å². The predicted molar refractivity (Wildman–Crippen MR) is 70.6 cm³/mol. The molecule has 0 radical (unpaired) electrons. The second-order valence-electron chi connectivity index (χ2n) is 4.02. The van der Waals surface area contributed by atoms with E-state index in [1.54, 1.807) is 6.07 Å². The third kappa shape index (κ3) is 3.56. The number of carbonyl (C=O) groups is 1. The van der Waals surface area contributed by atoms with Crippen molar-refractivity contribution in [3.8, 4) is 5.75 Å². The Morgan fingerprint density at radius 2 is 2.11 bits per heavy atom. The summed E-state index contributed by atoms with van der Waals surface area (Å²) in [5, 5.41) is -0.185. The number of benzene rings is 1. The average Bonchev–Trinajstić information content (AvgIpc) is 2.55. The van der Waals surface area contributed by atoms with Crippen LogP contribution >= 0.6 is 28.6 Å². The van der Waals surface area contributed by atoms with E-state index in [0.717, 1.165) is 0 Å². The molecule has 1 unspecified atom stereocenters. The highest BCUT2D eigenvalue weighted by Gasteiger charge is 2.35. The average molecular weight is 356 g/mol. The van der Waals surface area contributed by atoms with E-state index in [9.17, 15) is 18.0 Å². The highest BCUT2D eigenvalue weighted by Crippen LogP contribution is 2.37. The highest BCUT2D eigenvalue weighted by atomic mass is 79.9. The summed E-state index contributed by atoms with van der Waals surface area (Å²) >= 11 is 7.24. The number of carbonyl (C=O) groups excluding carboxylic acids is 1. The third-order valence-electron chi connectivity index (χ3n) is 2.54. The zero-order chi connectivity index (χ0) is 14.2. The molecule has 1 amide bonds. The number of hydrogen-bond acceptors (Lipinski definition) is 3. The van der Waals surface area contributed by atoms with Gasteiger partial charge in [0, 0.05) is 22.7 Å². The van der Waals surface area contributed by atoms with Gasteiger partial charge in [-0.05, 0) is 18.2 Å². The first-order valence-corrected chi connectivity index (χ1v) is 6.61. The molecule has 0 N–H and O–H groups in total. The number of halogens is 4. The standard InChI is InChI=1S/C11H9BrF3NO2S/c12-6-1-2-8(9(3-6)18-11(13,14)15)16-5-7(19)4-10(16)17/h1-3,7,19H,4-5H2. The van der Waals surface area contributed by atoms with Crippen molar-refractivity contribution in [2.75, 3.05) is 11.4 Å². The van der Waals surface area contributed by atoms with Crippen molar-refractivity contribution >= 4 is 40.2 Å². The topological polar surface area (TPSA) is 29.5 Å². The lowest BCUT2D eigenvalue weighted by Gasteiger charge is -2.21. The molecule has 0 saturated carbocycles. The maximum absolute atomic E-state index is 12.4. The van der Waals surface area contributed by atoms with Gasteiger partial charge in [0.25, 0.3) is 0 Å². The summed E-state index contributed by atoms with van der Waals surface area (Å²) < 4.78 is 41.5. The fourth-order valence-corrected chi connectivity index (χ4v) is 2.50. The molecule has 1 atom stereocenters. The molecule has 1 heterocycles. The van der Waals surface area contributed by atoms with Gasteiger partial charge < -0.3 is 9.64 Å². The molecule has 8 heteroatoms. The van der Waals surface area contributed by atoms with Crippen molar-refractivity contribution in [1.29, 1.82) is 0 Å². The number of hydrogen-bond donors (Lipinski definition) is 1. The normalized spacial score (nSPS) is 19.9. The van der Waals surface area contributed by atoms with Crippen LogP contribution in [0.4, 0.5) is 18.9 Å². The van der Waals surface area contributed by atoms with Crippen molar-refractivity contribution in [2.24, 2.45) is 0 Å². The molecule has 1 aromatic carbocycles. The monoisotopic (exact) mass is 355 g/mol. The molecule has 1 aliphatic rings. The minimum atomic E-state index is -4.81. The lowest BCUT2D eigenvalue weighted by molar-refractivity contribution is -0.274. The zero-order valence-electron chi connectivity index (χ0n) is 9.45. The van der Waals surface area contributed by atoms with Crippen LogP contribution in [-0.2, 0) is 4.79 Å². The Hall–Kier alpha value is -0.890. The molecule has 104 valence electrons. The van der Waals surface area contributed by atoms with Crippen LogP contribution in [0.1, 0.15) is 6.42 Å². The van der Waals surface area contributed by atoms with Gasteiger partial charge in [0.05, 0.1) is 5.69 Å². The van der Waals surface area contributed by atoms with E-state index in [2.05, 4.69) is 33.3 Å². The van der Waals surface area contributed by atoms with Crippen LogP contribution in [0.2, 0.25) is 0 Å². The van der Waals surface area contributed by atoms with E-state index in [0.29, 0.717) is 4.47 Å². The summed E-state index contributed by atoms with van der Waals surface area (Å²) in [6.45, 7) is 0.262. The number of rotatable bonds is 2. The fourth-order valence-electron chi connectivity index (χ4n) is 1.84. The maximum atomic E-state index is 12.4. The molecular weight excluding hydrogens is 347 g/mol. The number of amides is 1. The Balaban J connectivity index is 2.37. The molecule has 1 aliphatic heterocycles. The van der Waals surface area contributed by atoms with E-state index in [4.69, 9.17) is 0 Å². The van der Waals surface area contributed by atoms with Crippen LogP contribution in [-0.4, -0.2) is 24.1 Å². The Morgan fingerprint density at radius 1 is 1.42 bits per heavy atom. The second kappa shape index (κ2) is 5.24. The van der Waals surface area contributed by atoms with Gasteiger partial charge in [0.2, 0.25) is 5.91 Å². The first-order valence-electron chi connectivity index (χ1n) is 5.30. The quantitative estimate of drug-likeness (QED) is 0.824. The zero-order valence-corrected chi connectivity index (χ0v) is 11.9. The molecular formula is C11H9BrF3NO2S. The first kappa shape index (κ1) is 14.5. The maximum Gasteiger partial charge on any atom is 0.573 e. The van der Waals surface area contributed by atoms with Gasteiger partial charge in [0.15, 0.2) is 5.75 Å². The van der Waals surface area contributed by atoms with Gasteiger partial charge in [-0.15, -0.1) is 13.2 Å². The first-order chi connectivity index (χ1) is 8.76. The lowest BCUT2D eigenvalue weighted by Crippen LogP contribution is -2.27. The van der Waals surface area contributed by atoms with Gasteiger partial charge in [0.1, 0.15) is 0 Å². The van der Waals surface area contributed by atoms with Gasteiger partial charge in [-0.2, -0.15) is 12.6 Å². The van der Waals surface area contributed by atoms with Gasteiger partial charge >= 0.3 is 6.36 Å². The molecule has 19 heavy (non-hydrogen) atoms. The third-order valence-corrected chi connectivity index (χ3v) is 3.38. The molecule has 1 saturated heterocycles. The lowest BCUT2D eigenvalue weighted by atomic mass is 10.2. The minimum Gasteiger partial charge on any atom is -0.404 e. The summed E-state index contributed by atoms with van der Waals surface area (Å²) in [6.07, 6.45) is -4.61. The summed E-state index contributed by atoms with van der Waals surface area (Å²) in [5.74, 6) is -0.674. The van der Waals surface area contributed by atoms with E-state index >= 15 is 0 Å². The van der Waals surface area contributed by atoms with Crippen LogP contribution in [0.5, 0.6) is 5.75 Å². The Bertz CT molecular complexity index is 509. The summed E-state index contributed by atoms with van der Waals surface area (Å²) in [4.78, 5) is 13.0. The van der Waals surface area contributed by atoms with Crippen LogP contribution < -0.4 is 9.64 Å². The van der Waals surface area contributed by atoms with Crippen LogP contribution in [0.3, 0.4) is 0 Å². The van der Waals surface area contributed by atoms with Crippen molar-refractivity contribution < 1.29 is 22.7 Å². The Morgan fingerprint density at radius 3 is 2.63 bits per heavy atom. The molecule has 3 nitrogen and oxygen atoms in total. The Kier molecular flexibility index (Phi) is 4.00. The molecule has 1 aromatic rings. The molecule has 2 rings (SSSR count). The van der Waals surface area contributed by atoms with Crippen molar-refractivity contribution in [1.82, 2.24) is 0 Å². The van der Waals surface area contributed by atoms with Crippen molar-refractivity contribution in [3.63, 3.8) is 0 Å². The second-order valence-corrected chi connectivity index (χ2v) is 5.67. The van der Waals surface area contributed by atoms with E-state index < -0.39 is 12.1 Å². The summed E-state index contributed by atoms with van der Waals surface area (Å²) in [7, 11) is 0. The molecule has 0 aromatic heterocycles. The fraction of sp³-hybridized carbons (Fsp3) is 0.364. The Labute approximate surface area is 121 Å². The van der Waals surface area contributed by atoms with E-state index in [1.165, 1.54) is 17.0 Å². The van der Waals surface area contributed by atoms with E-state index in [-0.39, 0.29) is 29.8 Å². The van der Waals surface area contributed by atoms with Crippen molar-refractivity contribution in [2.45, 2.75) is 18.0 Å². The number of ether oxygens (including phenoxy) is 1. The van der Waals surface area contributed by atoms with Gasteiger partial charge in [-0.3, -0.25) is 4.79 Å². The van der Waals surface area contributed by atoms with Crippen LogP contribution in [0.25, 0.3) is 0 Å². The molecule has 0 spiro atoms. The van der Waals surface area contributed by atoms with Gasteiger partial charge in [-0.25, -0.2) is 0 Å². The predicted octanol–water partition coefficient (Wildman–Crippen LogP) is 3.38. The number of anilines is 1. The summed E-state index contributed by atoms with van der Waals surface area (Å²) in [5.41, 5.74) is 0.0991. The van der Waals surface area contributed by atoms with E-state index in [1.807, 2.05) is 0 Å². The number of alkyl halides is 3. The molecule has 1 fully saturated rings. The smallest absolute Gasteiger partial charge is 0.404 e. The largest absolute Gasteiger partial charge is 0.573 e.